The minimum Gasteiger partial charge on any atom is -0.448 e. The van der Waals surface area contributed by atoms with Crippen LogP contribution in [0.15, 0.2) is 10.8 Å². The number of oxazole rings is 1. The third-order valence-electron chi connectivity index (χ3n) is 2.76. The Balaban J connectivity index is 1.89. The van der Waals surface area contributed by atoms with Gasteiger partial charge in [0.05, 0.1) is 23.6 Å². The molecule has 1 atom stereocenters. The predicted octanol–water partition coefficient (Wildman–Crippen LogP) is -0.171. The molecular weight excluding hydrogens is 244 g/mol. The Kier molecular flexibility index (Phi) is 3.19. The minimum atomic E-state index is -2.96. The summed E-state index contributed by atoms with van der Waals surface area (Å²) >= 11 is 0. The van der Waals surface area contributed by atoms with Gasteiger partial charge >= 0.3 is 0 Å². The topological polar surface area (TPSA) is 89.3 Å². The fourth-order valence-corrected chi connectivity index (χ4v) is 3.50. The second-order valence-electron chi connectivity index (χ2n) is 4.21. The summed E-state index contributed by atoms with van der Waals surface area (Å²) in [5, 5.41) is 2.69. The fraction of sp³-hybridized carbons (Fsp3) is 0.600. The summed E-state index contributed by atoms with van der Waals surface area (Å²) in [6.45, 7) is 1.76. The first-order valence-electron chi connectivity index (χ1n) is 5.35. The third kappa shape index (κ3) is 3.06. The number of sulfone groups is 1. The number of amides is 1. The van der Waals surface area contributed by atoms with E-state index in [0.717, 1.165) is 0 Å². The Morgan fingerprint density at radius 3 is 2.94 bits per heavy atom. The molecule has 1 aliphatic rings. The lowest BCUT2D eigenvalue weighted by molar-refractivity contribution is -0.121. The van der Waals surface area contributed by atoms with E-state index in [1.54, 1.807) is 6.92 Å². The third-order valence-corrected chi connectivity index (χ3v) is 4.53. The molecule has 1 aromatic rings. The van der Waals surface area contributed by atoms with E-state index in [1.165, 1.54) is 6.39 Å². The molecule has 1 unspecified atom stereocenters. The number of nitrogens with zero attached hydrogens (tertiary/aromatic N) is 1. The zero-order valence-corrected chi connectivity index (χ0v) is 10.3. The van der Waals surface area contributed by atoms with Crippen LogP contribution in [-0.4, -0.2) is 36.9 Å². The van der Waals surface area contributed by atoms with Crippen molar-refractivity contribution in [3.8, 4) is 0 Å². The highest BCUT2D eigenvalue weighted by Gasteiger charge is 2.29. The molecule has 0 bridgehead atoms. The quantitative estimate of drug-likeness (QED) is 0.813. The van der Waals surface area contributed by atoms with Crippen molar-refractivity contribution >= 4 is 15.7 Å². The van der Waals surface area contributed by atoms with Crippen molar-refractivity contribution in [2.24, 2.45) is 0 Å². The van der Waals surface area contributed by atoms with Crippen LogP contribution in [0.4, 0.5) is 0 Å². The monoisotopic (exact) mass is 258 g/mol. The number of carbonyl (C=O) groups is 1. The highest BCUT2D eigenvalue weighted by atomic mass is 32.2. The first-order valence-corrected chi connectivity index (χ1v) is 7.17. The molecular formula is C10H14N2O4S. The van der Waals surface area contributed by atoms with Crippen LogP contribution in [0.5, 0.6) is 0 Å². The van der Waals surface area contributed by atoms with Crippen molar-refractivity contribution in [2.45, 2.75) is 25.8 Å². The van der Waals surface area contributed by atoms with Gasteiger partial charge in [-0.3, -0.25) is 4.79 Å². The molecule has 2 rings (SSSR count). The summed E-state index contributed by atoms with van der Waals surface area (Å²) in [5.41, 5.74) is 0.680. The standard InChI is InChI=1S/C10H14N2O4S/c1-7-9(16-6-11-7)4-10(13)12-8-2-3-17(14,15)5-8/h6,8H,2-5H2,1H3,(H,12,13). The number of carbonyl (C=O) groups excluding carboxylic acids is 1. The Morgan fingerprint density at radius 1 is 1.65 bits per heavy atom. The second-order valence-corrected chi connectivity index (χ2v) is 6.43. The van der Waals surface area contributed by atoms with Gasteiger partial charge in [0.2, 0.25) is 5.91 Å². The minimum absolute atomic E-state index is 0.0358. The van der Waals surface area contributed by atoms with E-state index in [2.05, 4.69) is 10.3 Å². The lowest BCUT2D eigenvalue weighted by atomic mass is 10.2. The molecule has 7 heteroatoms. The summed E-state index contributed by atoms with van der Waals surface area (Å²) in [6.07, 6.45) is 1.88. The SMILES string of the molecule is Cc1ncoc1CC(=O)NC1CCS(=O)(=O)C1. The van der Waals surface area contributed by atoms with E-state index in [4.69, 9.17) is 4.42 Å². The Labute approximate surface area is 99.3 Å². The summed E-state index contributed by atoms with van der Waals surface area (Å²) in [5.74, 6) is 0.475. The van der Waals surface area contributed by atoms with Gasteiger partial charge in [-0.1, -0.05) is 0 Å². The van der Waals surface area contributed by atoms with Crippen LogP contribution < -0.4 is 5.32 Å². The predicted molar refractivity (Wildman–Crippen MR) is 60.1 cm³/mol. The molecule has 1 fully saturated rings. The van der Waals surface area contributed by atoms with Gasteiger partial charge < -0.3 is 9.73 Å². The summed E-state index contributed by atoms with van der Waals surface area (Å²) in [7, 11) is -2.96. The van der Waals surface area contributed by atoms with Crippen molar-refractivity contribution in [1.29, 1.82) is 0 Å². The van der Waals surface area contributed by atoms with E-state index >= 15 is 0 Å². The van der Waals surface area contributed by atoms with Gasteiger partial charge in [-0.15, -0.1) is 0 Å². The van der Waals surface area contributed by atoms with Crippen LogP contribution in [0.2, 0.25) is 0 Å². The smallest absolute Gasteiger partial charge is 0.227 e. The number of rotatable bonds is 3. The van der Waals surface area contributed by atoms with E-state index in [-0.39, 0.29) is 29.9 Å². The van der Waals surface area contributed by atoms with Crippen LogP contribution in [0.1, 0.15) is 17.9 Å². The molecule has 6 nitrogen and oxygen atoms in total. The highest BCUT2D eigenvalue weighted by molar-refractivity contribution is 7.91. The van der Waals surface area contributed by atoms with Crippen LogP contribution in [0, 0.1) is 6.92 Å². The van der Waals surface area contributed by atoms with Gasteiger partial charge in [-0.05, 0) is 13.3 Å². The average molecular weight is 258 g/mol. The van der Waals surface area contributed by atoms with Crippen molar-refractivity contribution < 1.29 is 17.6 Å². The maximum atomic E-state index is 11.6. The molecule has 1 aliphatic heterocycles. The molecule has 0 spiro atoms. The first-order chi connectivity index (χ1) is 7.96. The lowest BCUT2D eigenvalue weighted by Crippen LogP contribution is -2.36. The van der Waals surface area contributed by atoms with Gasteiger partial charge in [0, 0.05) is 6.04 Å². The second kappa shape index (κ2) is 4.48. The maximum Gasteiger partial charge on any atom is 0.227 e. The molecule has 0 saturated carbocycles. The fourth-order valence-electron chi connectivity index (χ4n) is 1.83. The summed E-state index contributed by atoms with van der Waals surface area (Å²) < 4.78 is 27.5. The van der Waals surface area contributed by atoms with Crippen LogP contribution in [-0.2, 0) is 21.1 Å². The molecule has 0 radical (unpaired) electrons. The molecule has 17 heavy (non-hydrogen) atoms. The van der Waals surface area contributed by atoms with Gasteiger partial charge in [-0.2, -0.15) is 0 Å². The zero-order valence-electron chi connectivity index (χ0n) is 9.47. The molecule has 1 saturated heterocycles. The molecule has 0 aromatic carbocycles. The van der Waals surface area contributed by atoms with E-state index < -0.39 is 9.84 Å². The maximum absolute atomic E-state index is 11.6. The molecule has 1 amide bonds. The van der Waals surface area contributed by atoms with Gasteiger partial charge in [0.1, 0.15) is 5.76 Å². The Morgan fingerprint density at radius 2 is 2.41 bits per heavy atom. The Bertz CT molecular complexity index is 520. The number of hydrogen-bond donors (Lipinski definition) is 1. The first kappa shape index (κ1) is 12.1. The number of aromatic nitrogens is 1. The van der Waals surface area contributed by atoms with Gasteiger partial charge in [0.25, 0.3) is 0 Å². The molecule has 1 N–H and O–H groups in total. The van der Waals surface area contributed by atoms with E-state index in [0.29, 0.717) is 17.9 Å². The lowest BCUT2D eigenvalue weighted by Gasteiger charge is -2.09. The number of hydrogen-bond acceptors (Lipinski definition) is 5. The van der Waals surface area contributed by atoms with Crippen molar-refractivity contribution in [3.63, 3.8) is 0 Å². The normalized spacial score (nSPS) is 22.5. The van der Waals surface area contributed by atoms with Crippen molar-refractivity contribution in [2.75, 3.05) is 11.5 Å². The largest absolute Gasteiger partial charge is 0.448 e. The van der Waals surface area contributed by atoms with Crippen molar-refractivity contribution in [1.82, 2.24) is 10.3 Å². The van der Waals surface area contributed by atoms with Gasteiger partial charge in [-0.25, -0.2) is 13.4 Å². The van der Waals surface area contributed by atoms with Crippen LogP contribution in [0.25, 0.3) is 0 Å². The van der Waals surface area contributed by atoms with E-state index in [1.807, 2.05) is 0 Å². The van der Waals surface area contributed by atoms with Crippen molar-refractivity contribution in [3.05, 3.63) is 17.8 Å². The number of aryl methyl sites for hydroxylation is 1. The Hall–Kier alpha value is -1.37. The molecule has 1 aromatic heterocycles. The molecule has 0 aliphatic carbocycles. The average Bonchev–Trinajstić information content (AvgIpc) is 2.74. The number of nitrogens with one attached hydrogen (secondary N) is 1. The van der Waals surface area contributed by atoms with Crippen LogP contribution >= 0.6 is 0 Å². The van der Waals surface area contributed by atoms with Gasteiger partial charge in [0.15, 0.2) is 16.2 Å². The summed E-state index contributed by atoms with van der Waals surface area (Å²) in [4.78, 5) is 15.5. The van der Waals surface area contributed by atoms with Crippen LogP contribution in [0.3, 0.4) is 0 Å². The molecule has 2 heterocycles. The summed E-state index contributed by atoms with van der Waals surface area (Å²) in [6, 6.07) is -0.268. The molecule has 94 valence electrons. The zero-order chi connectivity index (χ0) is 12.5. The van der Waals surface area contributed by atoms with E-state index in [9.17, 15) is 13.2 Å². The highest BCUT2D eigenvalue weighted by Crippen LogP contribution is 2.12.